The topological polar surface area (TPSA) is 56.5 Å². The van der Waals surface area contributed by atoms with Gasteiger partial charge in [-0.3, -0.25) is 0 Å². The molecule has 0 atom stereocenters. The van der Waals surface area contributed by atoms with Crippen molar-refractivity contribution in [3.63, 3.8) is 0 Å². The molecule has 2 heterocycles. The predicted octanol–water partition coefficient (Wildman–Crippen LogP) is 0.976. The Morgan fingerprint density at radius 1 is 1.31 bits per heavy atom. The number of hydrogen-bond donors (Lipinski definition) is 0. The zero-order valence-corrected chi connectivity index (χ0v) is 7.89. The lowest BCUT2D eigenvalue weighted by atomic mass is 10.1. The van der Waals surface area contributed by atoms with Crippen LogP contribution in [0.2, 0.25) is 0 Å². The van der Waals surface area contributed by atoms with Gasteiger partial charge in [-0.1, -0.05) is 0 Å². The van der Waals surface area contributed by atoms with Crippen LogP contribution in [-0.4, -0.2) is 25.0 Å². The highest BCUT2D eigenvalue weighted by Crippen LogP contribution is 2.18. The van der Waals surface area contributed by atoms with Crippen molar-refractivity contribution in [3.05, 3.63) is 12.5 Å². The summed E-state index contributed by atoms with van der Waals surface area (Å²) in [4.78, 5) is 4.18. The van der Waals surface area contributed by atoms with E-state index in [-0.39, 0.29) is 5.54 Å². The molecule has 2 rings (SSSR count). The van der Waals surface area contributed by atoms with Crippen LogP contribution in [0.3, 0.4) is 0 Å². The van der Waals surface area contributed by atoms with Gasteiger partial charge in [-0.25, -0.2) is 4.98 Å². The summed E-state index contributed by atoms with van der Waals surface area (Å²) in [6.45, 7) is 6.28. The van der Waals surface area contributed by atoms with E-state index in [0.717, 1.165) is 11.2 Å². The first-order valence-corrected chi connectivity index (χ1v) is 4.11. The summed E-state index contributed by atoms with van der Waals surface area (Å²) in [5, 5.41) is 11.2. The van der Waals surface area contributed by atoms with E-state index in [0.29, 0.717) is 0 Å². The van der Waals surface area contributed by atoms with Crippen LogP contribution in [0.5, 0.6) is 0 Å². The third-order valence-electron chi connectivity index (χ3n) is 1.86. The predicted molar refractivity (Wildman–Crippen MR) is 48.1 cm³/mol. The number of nitrogens with zero attached hydrogens (tertiary/aromatic N) is 5. The summed E-state index contributed by atoms with van der Waals surface area (Å²) in [6, 6.07) is 0. The summed E-state index contributed by atoms with van der Waals surface area (Å²) >= 11 is 0. The first-order valence-electron chi connectivity index (χ1n) is 4.11. The fraction of sp³-hybridized carbons (Fsp3) is 0.500. The minimum Gasteiger partial charge on any atom is -0.308 e. The van der Waals surface area contributed by atoms with Crippen LogP contribution in [0.25, 0.3) is 11.2 Å². The molecule has 0 spiro atoms. The van der Waals surface area contributed by atoms with Gasteiger partial charge in [-0.05, 0) is 26.0 Å². The van der Waals surface area contributed by atoms with E-state index in [9.17, 15) is 0 Å². The van der Waals surface area contributed by atoms with E-state index < -0.39 is 0 Å². The average molecular weight is 177 g/mol. The largest absolute Gasteiger partial charge is 0.308 e. The van der Waals surface area contributed by atoms with E-state index in [4.69, 9.17) is 0 Å². The maximum atomic E-state index is 4.18. The average Bonchev–Trinajstić information content (AvgIpc) is 2.45. The highest BCUT2D eigenvalue weighted by molar-refractivity contribution is 5.68. The van der Waals surface area contributed by atoms with E-state index in [1.54, 1.807) is 12.5 Å². The molecule has 0 aliphatic rings. The van der Waals surface area contributed by atoms with Gasteiger partial charge in [0.25, 0.3) is 0 Å². The number of hydrogen-bond acceptors (Lipinski definition) is 4. The van der Waals surface area contributed by atoms with Crippen molar-refractivity contribution in [3.8, 4) is 0 Å². The highest BCUT2D eigenvalue weighted by atomic mass is 15.3. The molecule has 13 heavy (non-hydrogen) atoms. The summed E-state index contributed by atoms with van der Waals surface area (Å²) in [6.07, 6.45) is 3.38. The summed E-state index contributed by atoms with van der Waals surface area (Å²) in [5.74, 6) is 0. The summed E-state index contributed by atoms with van der Waals surface area (Å²) in [7, 11) is 0. The van der Waals surface area contributed by atoms with Gasteiger partial charge >= 0.3 is 0 Å². The third kappa shape index (κ3) is 1.26. The Kier molecular flexibility index (Phi) is 1.55. The minimum absolute atomic E-state index is 0.0230. The molecule has 5 heteroatoms. The van der Waals surface area contributed by atoms with E-state index in [1.165, 1.54) is 0 Å². The third-order valence-corrected chi connectivity index (χ3v) is 1.86. The lowest BCUT2D eigenvalue weighted by molar-refractivity contribution is 0.405. The van der Waals surface area contributed by atoms with Crippen molar-refractivity contribution in [2.45, 2.75) is 26.3 Å². The van der Waals surface area contributed by atoms with Gasteiger partial charge in [-0.2, -0.15) is 0 Å². The Balaban J connectivity index is 2.72. The molecule has 0 amide bonds. The zero-order chi connectivity index (χ0) is 9.47. The molecule has 2 aromatic rings. The van der Waals surface area contributed by atoms with Gasteiger partial charge in [0.2, 0.25) is 0 Å². The quantitative estimate of drug-likeness (QED) is 0.601. The Hall–Kier alpha value is -1.52. The molecule has 0 bridgehead atoms. The van der Waals surface area contributed by atoms with Crippen molar-refractivity contribution in [1.82, 2.24) is 25.0 Å². The van der Waals surface area contributed by atoms with Gasteiger partial charge in [0, 0.05) is 5.54 Å². The standard InChI is InChI=1S/C8H11N5/c1-8(2,3)13-5-9-6-4-10-12-11-7(6)13/h4-5H,1-3H3. The second-order valence-corrected chi connectivity index (χ2v) is 3.93. The molecule has 0 aliphatic heterocycles. The lowest BCUT2D eigenvalue weighted by Crippen LogP contribution is -2.21. The summed E-state index contributed by atoms with van der Waals surface area (Å²) in [5.41, 5.74) is 1.54. The maximum Gasteiger partial charge on any atom is 0.186 e. The van der Waals surface area contributed by atoms with Crippen LogP contribution in [0.15, 0.2) is 12.5 Å². The molecule has 0 aromatic carbocycles. The van der Waals surface area contributed by atoms with Gasteiger partial charge in [0.1, 0.15) is 5.52 Å². The van der Waals surface area contributed by atoms with Crippen LogP contribution < -0.4 is 0 Å². The fourth-order valence-electron chi connectivity index (χ4n) is 1.19. The maximum absolute atomic E-state index is 4.18. The SMILES string of the molecule is CC(C)(C)n1cnc2cnnnc21. The zero-order valence-electron chi connectivity index (χ0n) is 7.89. The van der Waals surface area contributed by atoms with E-state index in [2.05, 4.69) is 41.2 Å². The second-order valence-electron chi connectivity index (χ2n) is 3.93. The van der Waals surface area contributed by atoms with Crippen molar-refractivity contribution < 1.29 is 0 Å². The molecule has 0 fully saturated rings. The van der Waals surface area contributed by atoms with Gasteiger partial charge in [-0.15, -0.1) is 10.2 Å². The number of fused-ring (bicyclic) bond motifs is 1. The Labute approximate surface area is 75.8 Å². The van der Waals surface area contributed by atoms with Gasteiger partial charge in [0.05, 0.1) is 12.5 Å². The number of rotatable bonds is 0. The number of aromatic nitrogens is 5. The molecule has 5 nitrogen and oxygen atoms in total. The first-order chi connectivity index (χ1) is 6.09. The minimum atomic E-state index is -0.0230. The van der Waals surface area contributed by atoms with Gasteiger partial charge in [0.15, 0.2) is 5.65 Å². The molecule has 68 valence electrons. The van der Waals surface area contributed by atoms with Crippen molar-refractivity contribution in [2.24, 2.45) is 0 Å². The molecule has 0 aliphatic carbocycles. The Morgan fingerprint density at radius 2 is 2.08 bits per heavy atom. The van der Waals surface area contributed by atoms with Gasteiger partial charge < -0.3 is 4.57 Å². The molecule has 0 unspecified atom stereocenters. The van der Waals surface area contributed by atoms with Crippen LogP contribution in [-0.2, 0) is 5.54 Å². The smallest absolute Gasteiger partial charge is 0.186 e. The molecule has 0 saturated carbocycles. The lowest BCUT2D eigenvalue weighted by Gasteiger charge is -2.20. The number of imidazole rings is 1. The normalized spacial score (nSPS) is 12.2. The van der Waals surface area contributed by atoms with Crippen LogP contribution >= 0.6 is 0 Å². The Bertz CT molecular complexity index is 425. The fourth-order valence-corrected chi connectivity index (χ4v) is 1.19. The molecule has 0 N–H and O–H groups in total. The molecular weight excluding hydrogens is 166 g/mol. The second kappa shape index (κ2) is 2.48. The van der Waals surface area contributed by atoms with E-state index in [1.807, 2.05) is 4.57 Å². The van der Waals surface area contributed by atoms with Crippen molar-refractivity contribution >= 4 is 11.2 Å². The molecule has 0 radical (unpaired) electrons. The van der Waals surface area contributed by atoms with Crippen molar-refractivity contribution in [2.75, 3.05) is 0 Å². The molecule has 0 saturated heterocycles. The van der Waals surface area contributed by atoms with Crippen molar-refractivity contribution in [1.29, 1.82) is 0 Å². The summed E-state index contributed by atoms with van der Waals surface area (Å²) < 4.78 is 1.98. The Morgan fingerprint density at radius 3 is 2.77 bits per heavy atom. The van der Waals surface area contributed by atoms with E-state index >= 15 is 0 Å². The first kappa shape index (κ1) is 8.10. The van der Waals surface area contributed by atoms with Crippen LogP contribution in [0.4, 0.5) is 0 Å². The monoisotopic (exact) mass is 177 g/mol. The van der Waals surface area contributed by atoms with Crippen LogP contribution in [0, 0.1) is 0 Å². The molecular formula is C8H11N5. The highest BCUT2D eigenvalue weighted by Gasteiger charge is 2.16. The van der Waals surface area contributed by atoms with Crippen LogP contribution in [0.1, 0.15) is 20.8 Å². The molecule has 2 aromatic heterocycles.